The third-order valence-corrected chi connectivity index (χ3v) is 1.44. The number of ketones is 1. The number of nitroso groups, excluding NO2 is 1. The van der Waals surface area contributed by atoms with E-state index in [2.05, 4.69) is 5.18 Å². The van der Waals surface area contributed by atoms with Crippen molar-refractivity contribution in [3.8, 4) is 0 Å². The van der Waals surface area contributed by atoms with Gasteiger partial charge in [-0.05, 0) is 24.2 Å². The van der Waals surface area contributed by atoms with Crippen LogP contribution in [0.2, 0.25) is 0 Å². The highest BCUT2D eigenvalue weighted by atomic mass is 19.1. The van der Waals surface area contributed by atoms with Gasteiger partial charge in [-0.3, -0.25) is 4.79 Å². The third kappa shape index (κ3) is 1.53. The zero-order chi connectivity index (χ0) is 9.14. The van der Waals surface area contributed by atoms with Gasteiger partial charge in [-0.2, -0.15) is 0 Å². The molecule has 1 aromatic rings. The molecular formula is C8H6FNO2. The van der Waals surface area contributed by atoms with Crippen LogP contribution in [0.25, 0.3) is 0 Å². The molecule has 0 fully saturated rings. The second-order valence-corrected chi connectivity index (χ2v) is 2.31. The Morgan fingerprint density at radius 1 is 1.50 bits per heavy atom. The molecular weight excluding hydrogens is 161 g/mol. The summed E-state index contributed by atoms with van der Waals surface area (Å²) in [6.45, 7) is 1.26. The molecule has 3 nitrogen and oxygen atoms in total. The molecule has 0 N–H and O–H groups in total. The van der Waals surface area contributed by atoms with Crippen molar-refractivity contribution in [3.05, 3.63) is 34.5 Å². The Balaban J connectivity index is 3.20. The number of carbonyl (C=O) groups is 1. The summed E-state index contributed by atoms with van der Waals surface area (Å²) in [5, 5.41) is 2.53. The van der Waals surface area contributed by atoms with E-state index in [4.69, 9.17) is 0 Å². The number of Topliss-reactive ketones (excluding diaryl/α,β-unsaturated/α-hetero) is 1. The summed E-state index contributed by atoms with van der Waals surface area (Å²) >= 11 is 0. The Bertz CT molecular complexity index is 336. The van der Waals surface area contributed by atoms with Gasteiger partial charge in [0.1, 0.15) is 11.5 Å². The van der Waals surface area contributed by atoms with Gasteiger partial charge in [-0.15, -0.1) is 4.91 Å². The molecule has 0 amide bonds. The highest BCUT2D eigenvalue weighted by Gasteiger charge is 2.07. The van der Waals surface area contributed by atoms with E-state index in [9.17, 15) is 14.1 Å². The molecule has 0 unspecified atom stereocenters. The minimum atomic E-state index is -0.709. The Morgan fingerprint density at radius 3 is 2.58 bits per heavy atom. The van der Waals surface area contributed by atoms with Crippen molar-refractivity contribution in [2.75, 3.05) is 0 Å². The monoisotopic (exact) mass is 167 g/mol. The lowest BCUT2D eigenvalue weighted by Gasteiger charge is -1.96. The summed E-state index contributed by atoms with van der Waals surface area (Å²) < 4.78 is 12.9. The van der Waals surface area contributed by atoms with Crippen LogP contribution in [-0.2, 0) is 0 Å². The van der Waals surface area contributed by atoms with Crippen LogP contribution in [0.4, 0.5) is 10.1 Å². The van der Waals surface area contributed by atoms with Crippen LogP contribution >= 0.6 is 0 Å². The summed E-state index contributed by atoms with van der Waals surface area (Å²) in [7, 11) is 0. The van der Waals surface area contributed by atoms with Crippen LogP contribution in [0.3, 0.4) is 0 Å². The fraction of sp³-hybridized carbons (Fsp3) is 0.125. The fourth-order valence-corrected chi connectivity index (χ4v) is 0.846. The van der Waals surface area contributed by atoms with Crippen molar-refractivity contribution in [2.24, 2.45) is 5.18 Å². The molecule has 0 aliphatic carbocycles. The topological polar surface area (TPSA) is 46.5 Å². The average Bonchev–Trinajstić information content (AvgIpc) is 2.03. The van der Waals surface area contributed by atoms with E-state index in [1.165, 1.54) is 19.1 Å². The lowest BCUT2D eigenvalue weighted by Crippen LogP contribution is -1.95. The summed E-state index contributed by atoms with van der Waals surface area (Å²) in [5.41, 5.74) is -0.0418. The molecule has 4 heteroatoms. The lowest BCUT2D eigenvalue weighted by atomic mass is 10.1. The molecule has 0 heterocycles. The molecule has 1 rings (SSSR count). The van der Waals surface area contributed by atoms with Crippen molar-refractivity contribution in [1.29, 1.82) is 0 Å². The van der Waals surface area contributed by atoms with E-state index in [0.29, 0.717) is 0 Å². The van der Waals surface area contributed by atoms with E-state index in [-0.39, 0.29) is 17.0 Å². The van der Waals surface area contributed by atoms with Gasteiger partial charge in [0.05, 0.1) is 5.56 Å². The van der Waals surface area contributed by atoms with Crippen LogP contribution < -0.4 is 0 Å². The van der Waals surface area contributed by atoms with E-state index >= 15 is 0 Å². The van der Waals surface area contributed by atoms with Crippen LogP contribution in [0.5, 0.6) is 0 Å². The van der Waals surface area contributed by atoms with Crippen molar-refractivity contribution in [1.82, 2.24) is 0 Å². The van der Waals surface area contributed by atoms with Gasteiger partial charge in [-0.25, -0.2) is 4.39 Å². The van der Waals surface area contributed by atoms with E-state index < -0.39 is 5.82 Å². The van der Waals surface area contributed by atoms with Crippen LogP contribution in [0, 0.1) is 10.7 Å². The number of nitrogens with zero attached hydrogens (tertiary/aromatic N) is 1. The molecule has 0 bridgehead atoms. The number of hydrogen-bond acceptors (Lipinski definition) is 3. The predicted octanol–water partition coefficient (Wildman–Crippen LogP) is 2.43. The first-order valence-electron chi connectivity index (χ1n) is 3.29. The van der Waals surface area contributed by atoms with Gasteiger partial charge >= 0.3 is 0 Å². The van der Waals surface area contributed by atoms with Gasteiger partial charge in [0, 0.05) is 6.07 Å². The molecule has 62 valence electrons. The Hall–Kier alpha value is -1.58. The number of halogens is 1. The summed E-state index contributed by atoms with van der Waals surface area (Å²) in [6.07, 6.45) is 0. The van der Waals surface area contributed by atoms with Crippen molar-refractivity contribution >= 4 is 11.5 Å². The quantitative estimate of drug-likeness (QED) is 0.501. The minimum absolute atomic E-state index is 0.0162. The molecule has 1 aromatic carbocycles. The average molecular weight is 167 g/mol. The maximum absolute atomic E-state index is 12.9. The molecule has 0 aliphatic rings. The standard InChI is InChI=1S/C8H6FNO2/c1-5(11)7-3-2-6(10-12)4-8(7)9/h2-4H,1H3. The lowest BCUT2D eigenvalue weighted by molar-refractivity contribution is 0.101. The molecule has 12 heavy (non-hydrogen) atoms. The molecule has 0 aliphatic heterocycles. The van der Waals surface area contributed by atoms with Gasteiger partial charge in [0.25, 0.3) is 0 Å². The van der Waals surface area contributed by atoms with E-state index in [1.54, 1.807) is 0 Å². The molecule has 0 aromatic heterocycles. The first-order chi connectivity index (χ1) is 5.65. The van der Waals surface area contributed by atoms with Gasteiger partial charge in [-0.1, -0.05) is 0 Å². The van der Waals surface area contributed by atoms with Gasteiger partial charge in [0.15, 0.2) is 5.78 Å². The summed E-state index contributed by atoms with van der Waals surface area (Å²) in [5.74, 6) is -1.08. The summed E-state index contributed by atoms with van der Waals surface area (Å²) in [6, 6.07) is 3.48. The Kier molecular flexibility index (Phi) is 2.28. The normalized spacial score (nSPS) is 9.50. The maximum atomic E-state index is 12.9. The second-order valence-electron chi connectivity index (χ2n) is 2.31. The smallest absolute Gasteiger partial charge is 0.162 e. The molecule has 0 spiro atoms. The molecule has 0 atom stereocenters. The van der Waals surface area contributed by atoms with E-state index in [0.717, 1.165) is 6.07 Å². The number of hydrogen-bond donors (Lipinski definition) is 0. The van der Waals surface area contributed by atoms with Gasteiger partial charge < -0.3 is 0 Å². The Labute approximate surface area is 68.2 Å². The van der Waals surface area contributed by atoms with Crippen molar-refractivity contribution in [2.45, 2.75) is 6.92 Å². The largest absolute Gasteiger partial charge is 0.294 e. The molecule has 0 radical (unpaired) electrons. The first kappa shape index (κ1) is 8.52. The van der Waals surface area contributed by atoms with Crippen molar-refractivity contribution < 1.29 is 9.18 Å². The molecule has 0 saturated carbocycles. The number of rotatable bonds is 2. The zero-order valence-electron chi connectivity index (χ0n) is 6.37. The molecule has 0 saturated heterocycles. The Morgan fingerprint density at radius 2 is 2.17 bits per heavy atom. The maximum Gasteiger partial charge on any atom is 0.162 e. The number of carbonyl (C=O) groups excluding carboxylic acids is 1. The third-order valence-electron chi connectivity index (χ3n) is 1.44. The van der Waals surface area contributed by atoms with Crippen LogP contribution in [0.1, 0.15) is 17.3 Å². The highest BCUT2D eigenvalue weighted by molar-refractivity contribution is 5.94. The van der Waals surface area contributed by atoms with Gasteiger partial charge in [0.2, 0.25) is 0 Å². The first-order valence-corrected chi connectivity index (χ1v) is 3.29. The predicted molar refractivity (Wildman–Crippen MR) is 41.9 cm³/mol. The SMILES string of the molecule is CC(=O)c1ccc(N=O)cc1F. The van der Waals surface area contributed by atoms with Crippen molar-refractivity contribution in [3.63, 3.8) is 0 Å². The number of benzene rings is 1. The highest BCUT2D eigenvalue weighted by Crippen LogP contribution is 2.16. The van der Waals surface area contributed by atoms with E-state index in [1.807, 2.05) is 0 Å². The zero-order valence-corrected chi connectivity index (χ0v) is 6.37. The summed E-state index contributed by atoms with van der Waals surface area (Å²) in [4.78, 5) is 20.7. The van der Waals surface area contributed by atoms with Crippen LogP contribution in [-0.4, -0.2) is 5.78 Å². The van der Waals surface area contributed by atoms with Crippen LogP contribution in [0.15, 0.2) is 23.4 Å². The minimum Gasteiger partial charge on any atom is -0.294 e. The second kappa shape index (κ2) is 3.21. The fourth-order valence-electron chi connectivity index (χ4n) is 0.846.